The van der Waals surface area contributed by atoms with Crippen LogP contribution in [0.25, 0.3) is 0 Å². The van der Waals surface area contributed by atoms with Crippen molar-refractivity contribution in [2.75, 3.05) is 0 Å². The standard InChI is InChI=1S/C11H10N2O2S/c14-11(15)6-9-7-16-10(13-9)5-8-1-3-12-4-2-8/h1-4,7H,5-6H2,(H,14,15). The molecule has 2 heterocycles. The quantitative estimate of drug-likeness (QED) is 0.875. The van der Waals surface area contributed by atoms with Gasteiger partial charge in [0.2, 0.25) is 0 Å². The Balaban J connectivity index is 2.06. The van der Waals surface area contributed by atoms with Crippen LogP contribution in [-0.2, 0) is 17.6 Å². The first-order valence-electron chi connectivity index (χ1n) is 4.78. The van der Waals surface area contributed by atoms with E-state index in [2.05, 4.69) is 9.97 Å². The zero-order valence-corrected chi connectivity index (χ0v) is 9.28. The van der Waals surface area contributed by atoms with Crippen molar-refractivity contribution in [3.05, 3.63) is 46.2 Å². The molecular formula is C11H10N2O2S. The second kappa shape index (κ2) is 4.85. The van der Waals surface area contributed by atoms with Crippen LogP contribution >= 0.6 is 11.3 Å². The molecule has 0 atom stereocenters. The molecule has 82 valence electrons. The van der Waals surface area contributed by atoms with Crippen molar-refractivity contribution >= 4 is 17.3 Å². The second-order valence-electron chi connectivity index (χ2n) is 3.34. The number of thiazole rings is 1. The summed E-state index contributed by atoms with van der Waals surface area (Å²) in [6.45, 7) is 0. The van der Waals surface area contributed by atoms with Crippen LogP contribution < -0.4 is 0 Å². The molecule has 1 N–H and O–H groups in total. The maximum Gasteiger partial charge on any atom is 0.309 e. The number of carbonyl (C=O) groups is 1. The molecule has 16 heavy (non-hydrogen) atoms. The van der Waals surface area contributed by atoms with Gasteiger partial charge in [0.15, 0.2) is 0 Å². The van der Waals surface area contributed by atoms with Gasteiger partial charge in [-0.1, -0.05) is 0 Å². The molecule has 0 spiro atoms. The van der Waals surface area contributed by atoms with Gasteiger partial charge in [0.25, 0.3) is 0 Å². The lowest BCUT2D eigenvalue weighted by Gasteiger charge is -1.95. The summed E-state index contributed by atoms with van der Waals surface area (Å²) < 4.78 is 0. The lowest BCUT2D eigenvalue weighted by Crippen LogP contribution is -2.00. The van der Waals surface area contributed by atoms with E-state index >= 15 is 0 Å². The number of rotatable bonds is 4. The van der Waals surface area contributed by atoms with E-state index in [0.29, 0.717) is 5.69 Å². The van der Waals surface area contributed by atoms with Crippen molar-refractivity contribution in [3.8, 4) is 0 Å². The summed E-state index contributed by atoms with van der Waals surface area (Å²) in [4.78, 5) is 18.7. The minimum absolute atomic E-state index is 0.00710. The summed E-state index contributed by atoms with van der Waals surface area (Å²) in [5.74, 6) is -0.847. The fraction of sp³-hybridized carbons (Fsp3) is 0.182. The van der Waals surface area contributed by atoms with Crippen LogP contribution in [0.3, 0.4) is 0 Å². The predicted octanol–water partition coefficient (Wildman–Crippen LogP) is 1.76. The van der Waals surface area contributed by atoms with Gasteiger partial charge in [-0.15, -0.1) is 11.3 Å². The van der Waals surface area contributed by atoms with Crippen LogP contribution in [0.4, 0.5) is 0 Å². The lowest BCUT2D eigenvalue weighted by molar-refractivity contribution is -0.136. The number of nitrogens with zero attached hydrogens (tertiary/aromatic N) is 2. The van der Waals surface area contributed by atoms with Crippen LogP contribution in [-0.4, -0.2) is 21.0 Å². The van der Waals surface area contributed by atoms with Gasteiger partial charge in [-0.05, 0) is 17.7 Å². The molecule has 0 saturated heterocycles. The fourth-order valence-corrected chi connectivity index (χ4v) is 2.17. The summed E-state index contributed by atoms with van der Waals surface area (Å²) in [7, 11) is 0. The molecule has 0 aliphatic heterocycles. The number of aromatic nitrogens is 2. The Morgan fingerprint density at radius 1 is 1.38 bits per heavy atom. The number of aliphatic carboxylic acids is 1. The van der Waals surface area contributed by atoms with E-state index in [1.807, 2.05) is 12.1 Å². The number of carboxylic acids is 1. The Morgan fingerprint density at radius 3 is 2.81 bits per heavy atom. The number of hydrogen-bond acceptors (Lipinski definition) is 4. The molecule has 0 saturated carbocycles. The molecule has 2 aromatic heterocycles. The summed E-state index contributed by atoms with van der Waals surface area (Å²) in [6, 6.07) is 3.86. The normalized spacial score (nSPS) is 10.2. The first kappa shape index (κ1) is 10.8. The van der Waals surface area contributed by atoms with Gasteiger partial charge in [0.05, 0.1) is 17.1 Å². The minimum atomic E-state index is -0.847. The number of hydrogen-bond donors (Lipinski definition) is 1. The van der Waals surface area contributed by atoms with Gasteiger partial charge in [-0.25, -0.2) is 4.98 Å². The predicted molar refractivity (Wildman–Crippen MR) is 60.5 cm³/mol. The third-order valence-corrected chi connectivity index (χ3v) is 2.93. The van der Waals surface area contributed by atoms with E-state index in [1.54, 1.807) is 17.8 Å². The third kappa shape index (κ3) is 2.87. The van der Waals surface area contributed by atoms with Crippen LogP contribution in [0.1, 0.15) is 16.3 Å². The lowest BCUT2D eigenvalue weighted by atomic mass is 10.2. The van der Waals surface area contributed by atoms with Crippen LogP contribution in [0, 0.1) is 0 Å². The highest BCUT2D eigenvalue weighted by Crippen LogP contribution is 2.14. The molecule has 0 bridgehead atoms. The minimum Gasteiger partial charge on any atom is -0.481 e. The summed E-state index contributed by atoms with van der Waals surface area (Å²) >= 11 is 1.49. The van der Waals surface area contributed by atoms with Gasteiger partial charge in [-0.2, -0.15) is 0 Å². The number of pyridine rings is 1. The molecule has 0 radical (unpaired) electrons. The topological polar surface area (TPSA) is 63.1 Å². The van der Waals surface area contributed by atoms with Crippen LogP contribution in [0.15, 0.2) is 29.9 Å². The van der Waals surface area contributed by atoms with Crippen molar-refractivity contribution in [2.24, 2.45) is 0 Å². The Kier molecular flexibility index (Phi) is 3.26. The highest BCUT2D eigenvalue weighted by molar-refractivity contribution is 7.09. The molecule has 2 rings (SSSR count). The van der Waals surface area contributed by atoms with Gasteiger partial charge in [0, 0.05) is 24.2 Å². The molecular weight excluding hydrogens is 224 g/mol. The van der Waals surface area contributed by atoms with Gasteiger partial charge in [-0.3, -0.25) is 9.78 Å². The highest BCUT2D eigenvalue weighted by Gasteiger charge is 2.06. The maximum atomic E-state index is 10.5. The molecule has 2 aromatic rings. The highest BCUT2D eigenvalue weighted by atomic mass is 32.1. The van der Waals surface area contributed by atoms with Crippen molar-refractivity contribution in [1.82, 2.24) is 9.97 Å². The first-order valence-corrected chi connectivity index (χ1v) is 5.66. The van der Waals surface area contributed by atoms with Gasteiger partial charge >= 0.3 is 5.97 Å². The molecule has 0 amide bonds. The summed E-state index contributed by atoms with van der Waals surface area (Å²) in [6.07, 6.45) is 4.20. The molecule has 0 aliphatic carbocycles. The van der Waals surface area contributed by atoms with Crippen LogP contribution in [0.2, 0.25) is 0 Å². The van der Waals surface area contributed by atoms with E-state index < -0.39 is 5.97 Å². The van der Waals surface area contributed by atoms with E-state index in [1.165, 1.54) is 11.3 Å². The Morgan fingerprint density at radius 2 is 2.12 bits per heavy atom. The Labute approximate surface area is 96.6 Å². The Bertz CT molecular complexity index is 482. The maximum absolute atomic E-state index is 10.5. The number of carboxylic acid groups (broad SMARTS) is 1. The van der Waals surface area contributed by atoms with Crippen LogP contribution in [0.5, 0.6) is 0 Å². The largest absolute Gasteiger partial charge is 0.481 e. The van der Waals surface area contributed by atoms with Crippen molar-refractivity contribution < 1.29 is 9.90 Å². The molecule has 0 aliphatic rings. The van der Waals surface area contributed by atoms with E-state index in [-0.39, 0.29) is 6.42 Å². The van der Waals surface area contributed by atoms with Crippen molar-refractivity contribution in [1.29, 1.82) is 0 Å². The average molecular weight is 234 g/mol. The van der Waals surface area contributed by atoms with Crippen molar-refractivity contribution in [3.63, 3.8) is 0 Å². The molecule has 5 heteroatoms. The van der Waals surface area contributed by atoms with Crippen molar-refractivity contribution in [2.45, 2.75) is 12.8 Å². The van der Waals surface area contributed by atoms with Gasteiger partial charge < -0.3 is 5.11 Å². The zero-order valence-electron chi connectivity index (χ0n) is 8.46. The third-order valence-electron chi connectivity index (χ3n) is 2.04. The van der Waals surface area contributed by atoms with E-state index in [4.69, 9.17) is 5.11 Å². The summed E-state index contributed by atoms with van der Waals surface area (Å²) in [5.41, 5.74) is 1.76. The van der Waals surface area contributed by atoms with Gasteiger partial charge in [0.1, 0.15) is 0 Å². The fourth-order valence-electron chi connectivity index (χ4n) is 1.34. The monoisotopic (exact) mass is 234 g/mol. The SMILES string of the molecule is O=C(O)Cc1csc(Cc2ccncc2)n1. The van der Waals surface area contributed by atoms with E-state index in [0.717, 1.165) is 17.0 Å². The van der Waals surface area contributed by atoms with E-state index in [9.17, 15) is 4.79 Å². The first-order chi connectivity index (χ1) is 7.74. The second-order valence-corrected chi connectivity index (χ2v) is 4.28. The molecule has 4 nitrogen and oxygen atoms in total. The summed E-state index contributed by atoms with van der Waals surface area (Å²) in [5, 5.41) is 11.4. The molecule has 0 unspecified atom stereocenters. The average Bonchev–Trinajstić information content (AvgIpc) is 2.66. The molecule has 0 aromatic carbocycles. The smallest absolute Gasteiger partial charge is 0.309 e. The molecule has 0 fully saturated rings. The Hall–Kier alpha value is -1.75. The zero-order chi connectivity index (χ0) is 11.4.